The van der Waals surface area contributed by atoms with E-state index in [9.17, 15) is 5.11 Å². The van der Waals surface area contributed by atoms with Crippen LogP contribution in [0.3, 0.4) is 0 Å². The van der Waals surface area contributed by atoms with Crippen molar-refractivity contribution >= 4 is 11.8 Å². The zero-order chi connectivity index (χ0) is 11.0. The predicted octanol–water partition coefficient (Wildman–Crippen LogP) is 1.38. The third-order valence-corrected chi connectivity index (χ3v) is 3.45. The molecule has 3 unspecified atom stereocenters. The molecule has 0 aromatic heterocycles. The molecule has 0 saturated carbocycles. The summed E-state index contributed by atoms with van der Waals surface area (Å²) in [5.74, 6) is 0.739. The van der Waals surface area contributed by atoms with Crippen LogP contribution in [-0.4, -0.2) is 34.8 Å². The lowest BCUT2D eigenvalue weighted by atomic mass is 10.3. The highest BCUT2D eigenvalue weighted by Gasteiger charge is 2.12. The van der Waals surface area contributed by atoms with Crippen molar-refractivity contribution in [3.8, 4) is 6.07 Å². The second kappa shape index (κ2) is 8.10. The van der Waals surface area contributed by atoms with Crippen LogP contribution in [0.2, 0.25) is 0 Å². The quantitative estimate of drug-likeness (QED) is 0.675. The van der Waals surface area contributed by atoms with Crippen molar-refractivity contribution in [1.29, 1.82) is 5.26 Å². The van der Waals surface area contributed by atoms with Crippen LogP contribution < -0.4 is 5.32 Å². The number of nitrogens with one attached hydrogen (secondary N) is 1. The Morgan fingerprint density at radius 3 is 2.57 bits per heavy atom. The van der Waals surface area contributed by atoms with E-state index in [1.54, 1.807) is 18.7 Å². The van der Waals surface area contributed by atoms with E-state index in [4.69, 9.17) is 5.26 Å². The molecule has 0 aromatic rings. The van der Waals surface area contributed by atoms with Gasteiger partial charge in [-0.25, -0.2) is 0 Å². The maximum Gasteiger partial charge on any atom is 0.104 e. The first kappa shape index (κ1) is 13.8. The Morgan fingerprint density at radius 1 is 1.50 bits per heavy atom. The smallest absolute Gasteiger partial charge is 0.104 e. The normalized spacial score (nSPS) is 17.1. The van der Waals surface area contributed by atoms with E-state index in [2.05, 4.69) is 18.3 Å². The summed E-state index contributed by atoms with van der Waals surface area (Å²) in [4.78, 5) is 0. The van der Waals surface area contributed by atoms with E-state index in [1.165, 1.54) is 0 Å². The molecule has 0 amide bonds. The van der Waals surface area contributed by atoms with Gasteiger partial charge in [0.05, 0.1) is 12.2 Å². The highest BCUT2D eigenvalue weighted by Crippen LogP contribution is 2.14. The number of thioether (sulfide) groups is 1. The van der Waals surface area contributed by atoms with Crippen LogP contribution in [-0.2, 0) is 0 Å². The fourth-order valence-corrected chi connectivity index (χ4v) is 1.81. The Morgan fingerprint density at radius 2 is 2.14 bits per heavy atom. The molecule has 0 heterocycles. The number of rotatable bonds is 7. The minimum Gasteiger partial charge on any atom is -0.392 e. The highest BCUT2D eigenvalue weighted by atomic mass is 32.2. The Balaban J connectivity index is 3.68. The van der Waals surface area contributed by atoms with Crippen molar-refractivity contribution in [2.24, 2.45) is 0 Å². The lowest BCUT2D eigenvalue weighted by Gasteiger charge is -2.16. The third kappa shape index (κ3) is 6.25. The number of hydrogen-bond acceptors (Lipinski definition) is 4. The van der Waals surface area contributed by atoms with E-state index >= 15 is 0 Å². The molecule has 0 fully saturated rings. The Hall–Kier alpha value is -0.240. The van der Waals surface area contributed by atoms with Gasteiger partial charge in [0, 0.05) is 11.0 Å². The summed E-state index contributed by atoms with van der Waals surface area (Å²) in [6.07, 6.45) is 0.722. The molecule has 0 bridgehead atoms. The average molecular weight is 216 g/mol. The molecule has 4 heteroatoms. The van der Waals surface area contributed by atoms with Gasteiger partial charge in [0.2, 0.25) is 0 Å². The van der Waals surface area contributed by atoms with Crippen molar-refractivity contribution in [3.05, 3.63) is 0 Å². The van der Waals surface area contributed by atoms with Crippen LogP contribution in [0.25, 0.3) is 0 Å². The zero-order valence-electron chi connectivity index (χ0n) is 9.16. The SMILES string of the molecule is CCCNC(C#N)CSC(C)C(C)O. The first-order valence-corrected chi connectivity index (χ1v) is 6.09. The lowest BCUT2D eigenvalue weighted by Crippen LogP contribution is -2.31. The molecule has 3 atom stereocenters. The highest BCUT2D eigenvalue weighted by molar-refractivity contribution is 8.00. The summed E-state index contributed by atoms with van der Waals surface area (Å²) in [7, 11) is 0. The third-order valence-electron chi connectivity index (χ3n) is 2.00. The Bertz CT molecular complexity index is 179. The predicted molar refractivity (Wildman–Crippen MR) is 61.3 cm³/mol. The molecule has 2 N–H and O–H groups in total. The van der Waals surface area contributed by atoms with Gasteiger partial charge in [-0.1, -0.05) is 13.8 Å². The summed E-state index contributed by atoms with van der Waals surface area (Å²) in [5.41, 5.74) is 0. The van der Waals surface area contributed by atoms with E-state index in [0.717, 1.165) is 18.7 Å². The van der Waals surface area contributed by atoms with Gasteiger partial charge in [0.1, 0.15) is 6.04 Å². The topological polar surface area (TPSA) is 56.0 Å². The molecule has 82 valence electrons. The lowest BCUT2D eigenvalue weighted by molar-refractivity contribution is 0.196. The molecule has 0 aliphatic rings. The van der Waals surface area contributed by atoms with Crippen LogP contribution in [0.5, 0.6) is 0 Å². The van der Waals surface area contributed by atoms with Gasteiger partial charge in [-0.05, 0) is 19.9 Å². The van der Waals surface area contributed by atoms with Crippen LogP contribution >= 0.6 is 11.8 Å². The molecule has 0 spiro atoms. The van der Waals surface area contributed by atoms with E-state index < -0.39 is 0 Å². The van der Waals surface area contributed by atoms with Gasteiger partial charge in [0.15, 0.2) is 0 Å². The summed E-state index contributed by atoms with van der Waals surface area (Å²) in [6, 6.07) is 2.12. The minimum atomic E-state index is -0.314. The number of nitrogens with zero attached hydrogens (tertiary/aromatic N) is 1. The molecule has 0 saturated heterocycles. The maximum absolute atomic E-state index is 9.26. The van der Waals surface area contributed by atoms with E-state index in [-0.39, 0.29) is 17.4 Å². The average Bonchev–Trinajstić information content (AvgIpc) is 2.17. The molecule has 0 rings (SSSR count). The van der Waals surface area contributed by atoms with Crippen LogP contribution in [0.15, 0.2) is 0 Å². The van der Waals surface area contributed by atoms with Gasteiger partial charge < -0.3 is 10.4 Å². The fourth-order valence-electron chi connectivity index (χ4n) is 0.848. The second-order valence-electron chi connectivity index (χ2n) is 3.41. The van der Waals surface area contributed by atoms with Crippen molar-refractivity contribution in [3.63, 3.8) is 0 Å². The summed E-state index contributed by atoms with van der Waals surface area (Å²) in [5, 5.41) is 21.4. The van der Waals surface area contributed by atoms with Crippen molar-refractivity contribution in [2.45, 2.75) is 44.6 Å². The standard InChI is InChI=1S/C10H20N2OS/c1-4-5-12-10(6-11)7-14-9(3)8(2)13/h8-10,12-13H,4-5,7H2,1-3H3. The number of aliphatic hydroxyl groups is 1. The van der Waals surface area contributed by atoms with Crippen LogP contribution in [0, 0.1) is 11.3 Å². The first-order chi connectivity index (χ1) is 6.61. The molecule has 0 aromatic carbocycles. The van der Waals surface area contributed by atoms with Crippen LogP contribution in [0.1, 0.15) is 27.2 Å². The van der Waals surface area contributed by atoms with Gasteiger partial charge in [-0.3, -0.25) is 0 Å². The molecular weight excluding hydrogens is 196 g/mol. The van der Waals surface area contributed by atoms with Gasteiger partial charge in [-0.2, -0.15) is 17.0 Å². The van der Waals surface area contributed by atoms with Gasteiger partial charge >= 0.3 is 0 Å². The van der Waals surface area contributed by atoms with Crippen molar-refractivity contribution in [1.82, 2.24) is 5.32 Å². The maximum atomic E-state index is 9.26. The van der Waals surface area contributed by atoms with Gasteiger partial charge in [-0.15, -0.1) is 0 Å². The Kier molecular flexibility index (Phi) is 7.96. The molecule has 3 nitrogen and oxygen atoms in total. The van der Waals surface area contributed by atoms with E-state index in [0.29, 0.717) is 0 Å². The number of aliphatic hydroxyl groups excluding tert-OH is 1. The molecule has 14 heavy (non-hydrogen) atoms. The summed E-state index contributed by atoms with van der Waals surface area (Å²) >= 11 is 1.63. The first-order valence-electron chi connectivity index (χ1n) is 5.04. The van der Waals surface area contributed by atoms with Crippen molar-refractivity contribution < 1.29 is 5.11 Å². The second-order valence-corrected chi connectivity index (χ2v) is 4.83. The summed E-state index contributed by atoms with van der Waals surface area (Å²) in [6.45, 7) is 6.71. The van der Waals surface area contributed by atoms with Crippen molar-refractivity contribution in [2.75, 3.05) is 12.3 Å². The fraction of sp³-hybridized carbons (Fsp3) is 0.900. The molecular formula is C10H20N2OS. The minimum absolute atomic E-state index is 0.0962. The van der Waals surface area contributed by atoms with Crippen LogP contribution in [0.4, 0.5) is 0 Å². The molecule has 0 radical (unpaired) electrons. The number of nitriles is 1. The Labute approximate surface area is 90.9 Å². The largest absolute Gasteiger partial charge is 0.392 e. The monoisotopic (exact) mass is 216 g/mol. The summed E-state index contributed by atoms with van der Waals surface area (Å²) < 4.78 is 0. The molecule has 0 aliphatic heterocycles. The molecule has 0 aliphatic carbocycles. The number of hydrogen-bond donors (Lipinski definition) is 2. The van der Waals surface area contributed by atoms with Gasteiger partial charge in [0.25, 0.3) is 0 Å². The zero-order valence-corrected chi connectivity index (χ0v) is 9.97. The van der Waals surface area contributed by atoms with E-state index in [1.807, 2.05) is 6.92 Å².